The van der Waals surface area contributed by atoms with Gasteiger partial charge in [-0.15, -0.1) is 0 Å². The van der Waals surface area contributed by atoms with Crippen LogP contribution in [0.5, 0.6) is 5.75 Å². The Bertz CT molecular complexity index is 913. The normalized spacial score (nSPS) is 18.5. The number of amides is 1. The van der Waals surface area contributed by atoms with E-state index in [1.54, 1.807) is 36.4 Å². The summed E-state index contributed by atoms with van der Waals surface area (Å²) in [5.74, 6) is -0.331. The van der Waals surface area contributed by atoms with Gasteiger partial charge < -0.3 is 9.64 Å². The second-order valence-corrected chi connectivity index (χ2v) is 8.55. The average molecular weight is 377 g/mol. The summed E-state index contributed by atoms with van der Waals surface area (Å²) < 4.78 is 42.6. The quantitative estimate of drug-likeness (QED) is 0.804. The number of sulfone groups is 1. The highest BCUT2D eigenvalue weighted by atomic mass is 32.2. The number of halogens is 1. The molecule has 5 nitrogen and oxygen atoms in total. The van der Waals surface area contributed by atoms with E-state index in [1.807, 2.05) is 0 Å². The zero-order valence-electron chi connectivity index (χ0n) is 14.4. The van der Waals surface area contributed by atoms with Crippen LogP contribution in [0.2, 0.25) is 0 Å². The molecule has 26 heavy (non-hydrogen) atoms. The highest BCUT2D eigenvalue weighted by Crippen LogP contribution is 2.26. The number of methoxy groups -OCH3 is 1. The van der Waals surface area contributed by atoms with Crippen LogP contribution in [0.25, 0.3) is 0 Å². The fourth-order valence-electron chi connectivity index (χ4n) is 3.20. The van der Waals surface area contributed by atoms with Gasteiger partial charge >= 0.3 is 0 Å². The molecule has 0 aromatic heterocycles. The number of ether oxygens (including phenoxy) is 1. The van der Waals surface area contributed by atoms with Gasteiger partial charge in [-0.1, -0.05) is 24.3 Å². The fourth-order valence-corrected chi connectivity index (χ4v) is 4.93. The minimum atomic E-state index is -3.17. The summed E-state index contributed by atoms with van der Waals surface area (Å²) in [6.45, 7) is 0.134. The SMILES string of the molecule is COc1ccccc1C(=O)N(Cc1cccc(F)c1)C1CCS(=O)(=O)C1. The summed E-state index contributed by atoms with van der Waals surface area (Å²) >= 11 is 0. The third-order valence-corrected chi connectivity index (χ3v) is 6.24. The van der Waals surface area contributed by atoms with Crippen LogP contribution in [0.4, 0.5) is 4.39 Å². The molecule has 1 amide bonds. The zero-order chi connectivity index (χ0) is 18.7. The highest BCUT2D eigenvalue weighted by molar-refractivity contribution is 7.91. The zero-order valence-corrected chi connectivity index (χ0v) is 15.2. The van der Waals surface area contributed by atoms with Gasteiger partial charge in [0.2, 0.25) is 0 Å². The fraction of sp³-hybridized carbons (Fsp3) is 0.316. The summed E-state index contributed by atoms with van der Waals surface area (Å²) in [5.41, 5.74) is 0.966. The van der Waals surface area contributed by atoms with Crippen LogP contribution in [0.15, 0.2) is 48.5 Å². The molecule has 2 aromatic carbocycles. The lowest BCUT2D eigenvalue weighted by atomic mass is 10.1. The van der Waals surface area contributed by atoms with Crippen molar-refractivity contribution in [1.82, 2.24) is 4.90 Å². The second-order valence-electron chi connectivity index (χ2n) is 6.32. The minimum Gasteiger partial charge on any atom is -0.496 e. The molecule has 1 aliphatic heterocycles. The number of carbonyl (C=O) groups is 1. The van der Waals surface area contributed by atoms with Gasteiger partial charge in [-0.3, -0.25) is 4.79 Å². The van der Waals surface area contributed by atoms with Crippen molar-refractivity contribution < 1.29 is 22.3 Å². The molecule has 1 atom stereocenters. The molecule has 1 unspecified atom stereocenters. The van der Waals surface area contributed by atoms with Gasteiger partial charge in [0, 0.05) is 12.6 Å². The van der Waals surface area contributed by atoms with Crippen LogP contribution in [-0.2, 0) is 16.4 Å². The lowest BCUT2D eigenvalue weighted by Gasteiger charge is -2.29. The first-order chi connectivity index (χ1) is 12.4. The van der Waals surface area contributed by atoms with Crippen molar-refractivity contribution in [1.29, 1.82) is 0 Å². The monoisotopic (exact) mass is 377 g/mol. The molecule has 3 rings (SSSR count). The summed E-state index contributed by atoms with van der Waals surface area (Å²) in [7, 11) is -1.70. The first-order valence-electron chi connectivity index (χ1n) is 8.28. The Morgan fingerprint density at radius 1 is 1.23 bits per heavy atom. The summed E-state index contributed by atoms with van der Waals surface area (Å²) in [4.78, 5) is 14.7. The first-order valence-corrected chi connectivity index (χ1v) is 10.1. The second kappa shape index (κ2) is 7.45. The lowest BCUT2D eigenvalue weighted by molar-refractivity contribution is 0.0677. The maximum absolute atomic E-state index is 13.5. The van der Waals surface area contributed by atoms with Crippen LogP contribution < -0.4 is 4.74 Å². The van der Waals surface area contributed by atoms with E-state index < -0.39 is 21.7 Å². The van der Waals surface area contributed by atoms with E-state index in [0.717, 1.165) is 0 Å². The number of rotatable bonds is 5. The molecule has 0 aliphatic carbocycles. The number of nitrogens with zero attached hydrogens (tertiary/aromatic N) is 1. The smallest absolute Gasteiger partial charge is 0.258 e. The van der Waals surface area contributed by atoms with Crippen molar-refractivity contribution in [3.05, 3.63) is 65.5 Å². The Morgan fingerprint density at radius 2 is 2.00 bits per heavy atom. The van der Waals surface area contributed by atoms with Gasteiger partial charge in [-0.2, -0.15) is 0 Å². The average Bonchev–Trinajstić information content (AvgIpc) is 2.98. The van der Waals surface area contributed by atoms with Crippen LogP contribution in [0.1, 0.15) is 22.3 Å². The predicted octanol–water partition coefficient (Wildman–Crippen LogP) is 2.66. The first kappa shape index (κ1) is 18.4. The molecule has 0 saturated carbocycles. The molecule has 0 bridgehead atoms. The molecule has 0 spiro atoms. The maximum atomic E-state index is 13.5. The summed E-state index contributed by atoms with van der Waals surface area (Å²) in [6.07, 6.45) is 0.374. The Labute approximate surface area is 152 Å². The number of carbonyl (C=O) groups excluding carboxylic acids is 1. The third kappa shape index (κ3) is 4.04. The van der Waals surface area contributed by atoms with Crippen LogP contribution in [0.3, 0.4) is 0 Å². The molecule has 0 N–H and O–H groups in total. The Balaban J connectivity index is 1.95. The molecule has 7 heteroatoms. The Hall–Kier alpha value is -2.41. The number of hydrogen-bond acceptors (Lipinski definition) is 4. The van der Waals surface area contributed by atoms with E-state index in [9.17, 15) is 17.6 Å². The van der Waals surface area contributed by atoms with E-state index >= 15 is 0 Å². The largest absolute Gasteiger partial charge is 0.496 e. The van der Waals surface area contributed by atoms with Crippen molar-refractivity contribution in [2.45, 2.75) is 19.0 Å². The molecule has 1 saturated heterocycles. The van der Waals surface area contributed by atoms with Crippen molar-refractivity contribution in [2.24, 2.45) is 0 Å². The number of hydrogen-bond donors (Lipinski definition) is 0. The van der Waals surface area contributed by atoms with Gasteiger partial charge in [-0.25, -0.2) is 12.8 Å². The van der Waals surface area contributed by atoms with Gasteiger partial charge in [0.15, 0.2) is 9.84 Å². The van der Waals surface area contributed by atoms with Gasteiger partial charge in [0.05, 0.1) is 24.2 Å². The van der Waals surface area contributed by atoms with Crippen LogP contribution in [-0.4, -0.2) is 43.9 Å². The van der Waals surface area contributed by atoms with E-state index in [1.165, 1.54) is 24.1 Å². The molecular weight excluding hydrogens is 357 g/mol. The van der Waals surface area contributed by atoms with E-state index in [2.05, 4.69) is 0 Å². The van der Waals surface area contributed by atoms with Gasteiger partial charge in [-0.05, 0) is 36.2 Å². The van der Waals surface area contributed by atoms with Crippen LogP contribution >= 0.6 is 0 Å². The topological polar surface area (TPSA) is 63.7 Å². The molecule has 1 fully saturated rings. The Kier molecular flexibility index (Phi) is 5.27. The summed E-state index contributed by atoms with van der Waals surface area (Å²) in [6, 6.07) is 12.3. The molecule has 1 heterocycles. The predicted molar refractivity (Wildman–Crippen MR) is 96.3 cm³/mol. The van der Waals surface area contributed by atoms with E-state index in [0.29, 0.717) is 23.3 Å². The standard InChI is InChI=1S/C19H20FNO4S/c1-25-18-8-3-2-7-17(18)19(22)21(16-9-10-26(23,24)13-16)12-14-5-4-6-15(20)11-14/h2-8,11,16H,9-10,12-13H2,1H3. The van der Waals surface area contributed by atoms with Gasteiger partial charge in [0.1, 0.15) is 11.6 Å². The van der Waals surface area contributed by atoms with Crippen molar-refractivity contribution in [2.75, 3.05) is 18.6 Å². The van der Waals surface area contributed by atoms with Gasteiger partial charge in [0.25, 0.3) is 5.91 Å². The minimum absolute atomic E-state index is 0.0521. The van der Waals surface area contributed by atoms with Crippen LogP contribution in [0, 0.1) is 5.82 Å². The van der Waals surface area contributed by atoms with Crippen molar-refractivity contribution >= 4 is 15.7 Å². The van der Waals surface area contributed by atoms with Crippen molar-refractivity contribution in [3.8, 4) is 5.75 Å². The van der Waals surface area contributed by atoms with E-state index in [4.69, 9.17) is 4.74 Å². The molecule has 1 aliphatic rings. The molecule has 2 aromatic rings. The lowest BCUT2D eigenvalue weighted by Crippen LogP contribution is -2.40. The summed E-state index contributed by atoms with van der Waals surface area (Å²) in [5, 5.41) is 0. The van der Waals surface area contributed by atoms with E-state index in [-0.39, 0.29) is 24.0 Å². The third-order valence-electron chi connectivity index (χ3n) is 4.49. The maximum Gasteiger partial charge on any atom is 0.258 e. The molecule has 0 radical (unpaired) electrons. The molecular formula is C19H20FNO4S. The highest BCUT2D eigenvalue weighted by Gasteiger charge is 2.35. The molecule has 138 valence electrons. The van der Waals surface area contributed by atoms with Crippen molar-refractivity contribution in [3.63, 3.8) is 0 Å². The Morgan fingerprint density at radius 3 is 2.65 bits per heavy atom. The number of benzene rings is 2. The number of para-hydroxylation sites is 1.